The Morgan fingerprint density at radius 2 is 2.00 bits per heavy atom. The Labute approximate surface area is 130 Å². The van der Waals surface area contributed by atoms with Crippen molar-refractivity contribution in [3.05, 3.63) is 0 Å². The Bertz CT molecular complexity index is 304. The molecule has 3 heteroatoms. The van der Waals surface area contributed by atoms with Crippen molar-refractivity contribution in [2.45, 2.75) is 77.7 Å². The van der Waals surface area contributed by atoms with Crippen LogP contribution in [-0.4, -0.2) is 25.0 Å². The van der Waals surface area contributed by atoms with Crippen molar-refractivity contribution >= 4 is 5.91 Å². The largest absolute Gasteiger partial charge is 0.353 e. The van der Waals surface area contributed by atoms with Crippen LogP contribution in [-0.2, 0) is 4.79 Å². The molecule has 0 aromatic carbocycles. The summed E-state index contributed by atoms with van der Waals surface area (Å²) in [6.45, 7) is 6.76. The number of amides is 1. The molecule has 1 saturated carbocycles. The Hall–Kier alpha value is -0.570. The minimum atomic E-state index is 0.284. The molecule has 0 aromatic rings. The molecule has 1 heterocycles. The average Bonchev–Trinajstić information content (AvgIpc) is 2.50. The minimum Gasteiger partial charge on any atom is -0.353 e. The van der Waals surface area contributed by atoms with Gasteiger partial charge in [-0.1, -0.05) is 26.7 Å². The van der Waals surface area contributed by atoms with Gasteiger partial charge in [-0.3, -0.25) is 4.79 Å². The highest BCUT2D eigenvalue weighted by Crippen LogP contribution is 2.28. The molecule has 2 aliphatic rings. The quantitative estimate of drug-likeness (QED) is 0.787. The summed E-state index contributed by atoms with van der Waals surface area (Å²) < 4.78 is 0. The molecule has 122 valence electrons. The fourth-order valence-electron chi connectivity index (χ4n) is 4.11. The summed E-state index contributed by atoms with van der Waals surface area (Å²) in [4.78, 5) is 12.2. The summed E-state index contributed by atoms with van der Waals surface area (Å²) in [5.74, 6) is 2.39. The van der Waals surface area contributed by atoms with Crippen LogP contribution in [0.4, 0.5) is 0 Å². The molecule has 0 aromatic heterocycles. The number of carbonyl (C=O) groups is 1. The summed E-state index contributed by atoms with van der Waals surface area (Å²) in [6.07, 6.45) is 10.9. The first kappa shape index (κ1) is 16.8. The van der Waals surface area contributed by atoms with Crippen molar-refractivity contribution in [3.63, 3.8) is 0 Å². The average molecular weight is 294 g/mol. The Morgan fingerprint density at radius 1 is 1.24 bits per heavy atom. The van der Waals surface area contributed by atoms with E-state index in [1.54, 1.807) is 0 Å². The number of hydrogen-bond donors (Lipinski definition) is 2. The molecular formula is C18H34N2O. The molecule has 1 aliphatic heterocycles. The van der Waals surface area contributed by atoms with E-state index >= 15 is 0 Å². The van der Waals surface area contributed by atoms with E-state index in [1.165, 1.54) is 51.4 Å². The number of carbonyl (C=O) groups excluding carboxylic acids is 1. The van der Waals surface area contributed by atoms with Gasteiger partial charge in [0.05, 0.1) is 0 Å². The van der Waals surface area contributed by atoms with Crippen molar-refractivity contribution in [1.82, 2.24) is 10.6 Å². The van der Waals surface area contributed by atoms with Crippen LogP contribution in [0.1, 0.15) is 71.6 Å². The van der Waals surface area contributed by atoms with Gasteiger partial charge in [0.1, 0.15) is 0 Å². The van der Waals surface area contributed by atoms with Gasteiger partial charge in [0.2, 0.25) is 5.91 Å². The van der Waals surface area contributed by atoms with Gasteiger partial charge in [-0.2, -0.15) is 0 Å². The molecule has 0 spiro atoms. The third kappa shape index (κ3) is 5.61. The monoisotopic (exact) mass is 294 g/mol. The molecular weight excluding hydrogens is 260 g/mol. The zero-order valence-electron chi connectivity index (χ0n) is 14.0. The van der Waals surface area contributed by atoms with Crippen LogP contribution in [0.5, 0.6) is 0 Å². The van der Waals surface area contributed by atoms with Crippen molar-refractivity contribution in [3.8, 4) is 0 Å². The van der Waals surface area contributed by atoms with Gasteiger partial charge in [-0.25, -0.2) is 0 Å². The van der Waals surface area contributed by atoms with Gasteiger partial charge < -0.3 is 10.6 Å². The van der Waals surface area contributed by atoms with Gasteiger partial charge in [0.15, 0.2) is 0 Å². The lowest BCUT2D eigenvalue weighted by Crippen LogP contribution is -2.40. The summed E-state index contributed by atoms with van der Waals surface area (Å²) in [6, 6.07) is 0.447. The van der Waals surface area contributed by atoms with Crippen molar-refractivity contribution in [2.75, 3.05) is 13.1 Å². The molecule has 2 fully saturated rings. The predicted molar refractivity (Wildman–Crippen MR) is 88.2 cm³/mol. The van der Waals surface area contributed by atoms with Crippen LogP contribution >= 0.6 is 0 Å². The standard InChI is InChI=1S/C18H34N2O/c1-3-5-15-7-9-17(10-8-15)20-18(21)12-14(2)16-6-4-11-19-13-16/h14-17,19H,3-13H2,1-2H3,(H,20,21). The lowest BCUT2D eigenvalue weighted by Gasteiger charge is -2.31. The number of rotatable bonds is 6. The second kappa shape index (κ2) is 8.77. The maximum atomic E-state index is 12.2. The van der Waals surface area contributed by atoms with Crippen LogP contribution in [0.25, 0.3) is 0 Å². The number of piperidine rings is 1. The maximum absolute atomic E-state index is 12.2. The SMILES string of the molecule is CCCC1CCC(NC(=O)CC(C)C2CCCNC2)CC1. The summed E-state index contributed by atoms with van der Waals surface area (Å²) >= 11 is 0. The lowest BCUT2D eigenvalue weighted by atomic mass is 9.83. The minimum absolute atomic E-state index is 0.284. The highest BCUT2D eigenvalue weighted by Gasteiger charge is 2.25. The first-order valence-electron chi connectivity index (χ1n) is 9.19. The van der Waals surface area contributed by atoms with E-state index in [1.807, 2.05) is 0 Å². The molecule has 1 saturated heterocycles. The van der Waals surface area contributed by atoms with E-state index in [0.29, 0.717) is 24.3 Å². The zero-order valence-corrected chi connectivity index (χ0v) is 14.0. The van der Waals surface area contributed by atoms with Crippen LogP contribution in [0.3, 0.4) is 0 Å². The molecule has 2 unspecified atom stereocenters. The Kier molecular flexibility index (Phi) is 7.01. The van der Waals surface area contributed by atoms with Gasteiger partial charge in [-0.05, 0) is 69.4 Å². The molecule has 0 radical (unpaired) electrons. The molecule has 3 nitrogen and oxygen atoms in total. The van der Waals surface area contributed by atoms with E-state index in [4.69, 9.17) is 0 Å². The van der Waals surface area contributed by atoms with Gasteiger partial charge in [-0.15, -0.1) is 0 Å². The van der Waals surface area contributed by atoms with E-state index in [9.17, 15) is 4.79 Å². The summed E-state index contributed by atoms with van der Waals surface area (Å²) in [5.41, 5.74) is 0. The van der Waals surface area contributed by atoms with Crippen molar-refractivity contribution in [2.24, 2.45) is 17.8 Å². The molecule has 1 aliphatic carbocycles. The van der Waals surface area contributed by atoms with Gasteiger partial charge >= 0.3 is 0 Å². The molecule has 2 atom stereocenters. The maximum Gasteiger partial charge on any atom is 0.220 e. The molecule has 1 amide bonds. The normalized spacial score (nSPS) is 31.6. The van der Waals surface area contributed by atoms with Crippen LogP contribution in [0.2, 0.25) is 0 Å². The molecule has 0 bridgehead atoms. The second-order valence-electron chi connectivity index (χ2n) is 7.36. The zero-order chi connectivity index (χ0) is 15.1. The van der Waals surface area contributed by atoms with E-state index in [0.717, 1.165) is 19.0 Å². The van der Waals surface area contributed by atoms with E-state index < -0.39 is 0 Å². The second-order valence-corrected chi connectivity index (χ2v) is 7.36. The first-order chi connectivity index (χ1) is 10.2. The summed E-state index contributed by atoms with van der Waals surface area (Å²) in [5, 5.41) is 6.75. The lowest BCUT2D eigenvalue weighted by molar-refractivity contribution is -0.123. The predicted octanol–water partition coefficient (Wildman–Crippen LogP) is 3.49. The topological polar surface area (TPSA) is 41.1 Å². The van der Waals surface area contributed by atoms with Crippen LogP contribution in [0, 0.1) is 17.8 Å². The van der Waals surface area contributed by atoms with Gasteiger partial charge in [0.25, 0.3) is 0 Å². The Balaban J connectivity index is 1.65. The number of nitrogens with one attached hydrogen (secondary N) is 2. The number of hydrogen-bond acceptors (Lipinski definition) is 2. The molecule has 21 heavy (non-hydrogen) atoms. The third-order valence-corrected chi connectivity index (χ3v) is 5.56. The first-order valence-corrected chi connectivity index (χ1v) is 9.19. The molecule has 2 rings (SSSR count). The summed E-state index contributed by atoms with van der Waals surface area (Å²) in [7, 11) is 0. The highest BCUT2D eigenvalue weighted by atomic mass is 16.1. The molecule has 2 N–H and O–H groups in total. The Morgan fingerprint density at radius 3 is 2.62 bits per heavy atom. The van der Waals surface area contributed by atoms with E-state index in [-0.39, 0.29) is 5.91 Å². The van der Waals surface area contributed by atoms with Crippen molar-refractivity contribution in [1.29, 1.82) is 0 Å². The smallest absolute Gasteiger partial charge is 0.220 e. The van der Waals surface area contributed by atoms with Crippen LogP contribution < -0.4 is 10.6 Å². The van der Waals surface area contributed by atoms with Crippen LogP contribution in [0.15, 0.2) is 0 Å². The van der Waals surface area contributed by atoms with Gasteiger partial charge in [0, 0.05) is 12.5 Å². The van der Waals surface area contributed by atoms with E-state index in [2.05, 4.69) is 24.5 Å². The third-order valence-electron chi connectivity index (χ3n) is 5.56. The fraction of sp³-hybridized carbons (Fsp3) is 0.944. The van der Waals surface area contributed by atoms with Crippen molar-refractivity contribution < 1.29 is 4.79 Å². The fourth-order valence-corrected chi connectivity index (χ4v) is 4.11. The highest BCUT2D eigenvalue weighted by molar-refractivity contribution is 5.76.